The topological polar surface area (TPSA) is 78.9 Å². The number of hydrogen-bond acceptors (Lipinski definition) is 6. The van der Waals surface area contributed by atoms with Crippen LogP contribution >= 0.6 is 0 Å². The smallest absolute Gasteiger partial charge is 0.306 e. The van der Waals surface area contributed by atoms with Gasteiger partial charge in [0.1, 0.15) is 13.2 Å². The van der Waals surface area contributed by atoms with Gasteiger partial charge in [-0.25, -0.2) is 0 Å². The first-order chi connectivity index (χ1) is 32.0. The molecule has 0 aromatic carbocycles. The van der Waals surface area contributed by atoms with Crippen LogP contribution in [0.15, 0.2) is 48.6 Å². The third kappa shape index (κ3) is 52.2. The van der Waals surface area contributed by atoms with Crippen molar-refractivity contribution in [2.75, 3.05) is 13.2 Å². The van der Waals surface area contributed by atoms with E-state index in [1.54, 1.807) is 0 Å². The summed E-state index contributed by atoms with van der Waals surface area (Å²) in [5.41, 5.74) is 0. The van der Waals surface area contributed by atoms with E-state index in [9.17, 15) is 14.4 Å². The van der Waals surface area contributed by atoms with Crippen molar-refractivity contribution in [3.05, 3.63) is 48.6 Å². The second kappa shape index (κ2) is 54.0. The molecule has 0 radical (unpaired) electrons. The normalized spacial score (nSPS) is 12.4. The van der Waals surface area contributed by atoms with Crippen molar-refractivity contribution >= 4 is 17.9 Å². The predicted octanol–water partition coefficient (Wildman–Crippen LogP) is 18.7. The lowest BCUT2D eigenvalue weighted by Gasteiger charge is -2.18. The highest BCUT2D eigenvalue weighted by Crippen LogP contribution is 2.15. The van der Waals surface area contributed by atoms with Crippen molar-refractivity contribution in [3.8, 4) is 0 Å². The highest BCUT2D eigenvalue weighted by molar-refractivity contribution is 5.71. The average Bonchev–Trinajstić information content (AvgIpc) is 3.30. The van der Waals surface area contributed by atoms with Crippen LogP contribution in [0.3, 0.4) is 0 Å². The van der Waals surface area contributed by atoms with Crippen LogP contribution in [-0.2, 0) is 28.6 Å². The zero-order valence-electron chi connectivity index (χ0n) is 43.3. The van der Waals surface area contributed by atoms with E-state index in [1.165, 1.54) is 180 Å². The lowest BCUT2D eigenvalue weighted by molar-refractivity contribution is -0.167. The van der Waals surface area contributed by atoms with Gasteiger partial charge in [0.15, 0.2) is 6.10 Å². The molecule has 0 N–H and O–H groups in total. The zero-order chi connectivity index (χ0) is 47.2. The summed E-state index contributed by atoms with van der Waals surface area (Å²) in [6.45, 7) is 6.50. The molecular formula is C59H106O6. The Morgan fingerprint density at radius 1 is 0.323 bits per heavy atom. The van der Waals surface area contributed by atoms with Gasteiger partial charge in [0.2, 0.25) is 0 Å². The molecule has 0 rings (SSSR count). The fourth-order valence-electron chi connectivity index (χ4n) is 8.06. The second-order valence-corrected chi connectivity index (χ2v) is 18.8. The van der Waals surface area contributed by atoms with Crippen molar-refractivity contribution in [3.63, 3.8) is 0 Å². The van der Waals surface area contributed by atoms with E-state index in [2.05, 4.69) is 69.4 Å². The van der Waals surface area contributed by atoms with Gasteiger partial charge >= 0.3 is 17.9 Å². The number of allylic oxidation sites excluding steroid dienone is 8. The van der Waals surface area contributed by atoms with Crippen LogP contribution in [0.4, 0.5) is 0 Å². The summed E-state index contributed by atoms with van der Waals surface area (Å²) >= 11 is 0. The minimum atomic E-state index is -0.788. The molecule has 378 valence electrons. The quantitative estimate of drug-likeness (QED) is 0.0262. The Balaban J connectivity index is 4.28. The average molecular weight is 911 g/mol. The maximum absolute atomic E-state index is 12.8. The molecule has 6 nitrogen and oxygen atoms in total. The molecule has 0 aromatic heterocycles. The fraction of sp³-hybridized carbons (Fsp3) is 0.814. The van der Waals surface area contributed by atoms with Crippen LogP contribution in [-0.4, -0.2) is 37.2 Å². The molecule has 0 spiro atoms. The van der Waals surface area contributed by atoms with Crippen molar-refractivity contribution < 1.29 is 28.6 Å². The predicted molar refractivity (Wildman–Crippen MR) is 279 cm³/mol. The van der Waals surface area contributed by atoms with Gasteiger partial charge in [0.05, 0.1) is 0 Å². The third-order valence-electron chi connectivity index (χ3n) is 12.3. The van der Waals surface area contributed by atoms with E-state index in [1.807, 2.05) is 0 Å². The van der Waals surface area contributed by atoms with E-state index in [0.29, 0.717) is 19.3 Å². The highest BCUT2D eigenvalue weighted by Gasteiger charge is 2.19. The molecule has 0 aromatic rings. The van der Waals surface area contributed by atoms with Crippen LogP contribution in [0.1, 0.15) is 290 Å². The number of rotatable bonds is 51. The standard InChI is InChI=1S/C59H106O6/c1-4-7-10-13-16-19-21-23-25-27-29-31-33-35-37-40-43-46-49-52-58(61)64-55-56(54-63-57(60)51-48-45-42-39-18-15-12-9-6-3)65-59(62)53-50-47-44-41-38-36-34-32-30-28-26-24-22-20-17-14-11-8-5-2/h9,12,18,27-30,39,56H,4-8,10-11,13-17,19-26,31-38,40-55H2,1-3H3/b12-9-,29-27-,30-28-,39-18-. The number of unbranched alkanes of at least 4 members (excludes halogenated alkanes) is 32. The molecule has 0 aliphatic rings. The third-order valence-corrected chi connectivity index (χ3v) is 12.3. The number of carbonyl (C=O) groups excluding carboxylic acids is 3. The van der Waals surface area contributed by atoms with Crippen molar-refractivity contribution in [1.29, 1.82) is 0 Å². The fourth-order valence-corrected chi connectivity index (χ4v) is 8.06. The second-order valence-electron chi connectivity index (χ2n) is 18.8. The molecular weight excluding hydrogens is 805 g/mol. The van der Waals surface area contributed by atoms with Crippen LogP contribution in [0.5, 0.6) is 0 Å². The van der Waals surface area contributed by atoms with Gasteiger partial charge in [0.25, 0.3) is 0 Å². The lowest BCUT2D eigenvalue weighted by atomic mass is 10.1. The number of carbonyl (C=O) groups is 3. The molecule has 0 saturated heterocycles. The zero-order valence-corrected chi connectivity index (χ0v) is 43.3. The minimum Gasteiger partial charge on any atom is -0.462 e. The first-order valence-electron chi connectivity index (χ1n) is 28.1. The van der Waals surface area contributed by atoms with E-state index in [0.717, 1.165) is 70.6 Å². The summed E-state index contributed by atoms with van der Waals surface area (Å²) in [4.78, 5) is 38.0. The van der Waals surface area contributed by atoms with Gasteiger partial charge < -0.3 is 14.2 Å². The molecule has 0 aliphatic carbocycles. The number of hydrogen-bond donors (Lipinski definition) is 0. The van der Waals surface area contributed by atoms with Crippen molar-refractivity contribution in [1.82, 2.24) is 0 Å². The van der Waals surface area contributed by atoms with E-state index in [-0.39, 0.29) is 31.1 Å². The minimum absolute atomic E-state index is 0.0862. The maximum Gasteiger partial charge on any atom is 0.306 e. The van der Waals surface area contributed by atoms with Gasteiger partial charge in [0, 0.05) is 19.3 Å². The monoisotopic (exact) mass is 911 g/mol. The summed E-state index contributed by atoms with van der Waals surface area (Å²) in [6.07, 6.45) is 65.5. The van der Waals surface area contributed by atoms with E-state index < -0.39 is 6.10 Å². The Hall–Kier alpha value is -2.63. The molecule has 0 fully saturated rings. The molecule has 1 atom stereocenters. The summed E-state index contributed by atoms with van der Waals surface area (Å²) in [5.74, 6) is -0.923. The summed E-state index contributed by atoms with van der Waals surface area (Å²) in [6, 6.07) is 0. The number of ether oxygens (including phenoxy) is 3. The van der Waals surface area contributed by atoms with Gasteiger partial charge in [-0.1, -0.05) is 223 Å². The van der Waals surface area contributed by atoms with Gasteiger partial charge in [-0.3, -0.25) is 14.4 Å². The maximum atomic E-state index is 12.8. The summed E-state index contributed by atoms with van der Waals surface area (Å²) < 4.78 is 16.8. The summed E-state index contributed by atoms with van der Waals surface area (Å²) in [5, 5.41) is 0. The van der Waals surface area contributed by atoms with Crippen molar-refractivity contribution in [2.45, 2.75) is 297 Å². The van der Waals surface area contributed by atoms with Crippen LogP contribution in [0.25, 0.3) is 0 Å². The first-order valence-corrected chi connectivity index (χ1v) is 28.1. The van der Waals surface area contributed by atoms with Gasteiger partial charge in [-0.15, -0.1) is 0 Å². The Kier molecular flexibility index (Phi) is 51.8. The van der Waals surface area contributed by atoms with Crippen LogP contribution < -0.4 is 0 Å². The Bertz CT molecular complexity index is 1140. The van der Waals surface area contributed by atoms with Crippen LogP contribution in [0.2, 0.25) is 0 Å². The molecule has 6 heteroatoms. The lowest BCUT2D eigenvalue weighted by Crippen LogP contribution is -2.30. The molecule has 0 heterocycles. The van der Waals surface area contributed by atoms with Gasteiger partial charge in [-0.05, 0) is 96.3 Å². The molecule has 0 saturated carbocycles. The molecule has 65 heavy (non-hydrogen) atoms. The summed E-state index contributed by atoms with van der Waals surface area (Å²) in [7, 11) is 0. The Morgan fingerprint density at radius 3 is 0.969 bits per heavy atom. The molecule has 1 unspecified atom stereocenters. The van der Waals surface area contributed by atoms with Gasteiger partial charge in [-0.2, -0.15) is 0 Å². The molecule has 0 aliphatic heterocycles. The SMILES string of the molecule is CC/C=C\C/C=C\CCCCC(=O)OCC(COC(=O)CCCCCCCCC/C=C\CCCCCCCCCC)OC(=O)CCCCCCCCC/C=C\CCCCCCCCCC. The van der Waals surface area contributed by atoms with Crippen LogP contribution in [0, 0.1) is 0 Å². The highest BCUT2D eigenvalue weighted by atomic mass is 16.6. The first kappa shape index (κ1) is 62.4. The largest absolute Gasteiger partial charge is 0.462 e. The van der Waals surface area contributed by atoms with E-state index >= 15 is 0 Å². The van der Waals surface area contributed by atoms with E-state index in [4.69, 9.17) is 14.2 Å². The number of esters is 3. The molecule has 0 bridgehead atoms. The van der Waals surface area contributed by atoms with Crippen molar-refractivity contribution in [2.24, 2.45) is 0 Å². The molecule has 0 amide bonds. The Morgan fingerprint density at radius 2 is 0.600 bits per heavy atom. The Labute approximate surface area is 403 Å².